The average Bonchev–Trinajstić information content (AvgIpc) is 3.02. The molecule has 0 aromatic carbocycles. The average molecular weight is 318 g/mol. The summed E-state index contributed by atoms with van der Waals surface area (Å²) in [4.78, 5) is 20.2. The molecule has 1 unspecified atom stereocenters. The minimum absolute atomic E-state index is 0.0254. The number of carbonyl (C=O) groups is 1. The molecular formula is C16H22N4O3. The maximum Gasteiger partial charge on any atom is 0.227 e. The van der Waals surface area contributed by atoms with Gasteiger partial charge in [-0.25, -0.2) is 0 Å². The molecule has 2 rings (SSSR count). The summed E-state index contributed by atoms with van der Waals surface area (Å²) < 4.78 is 5.17. The monoisotopic (exact) mass is 318 g/mol. The summed E-state index contributed by atoms with van der Waals surface area (Å²) in [6.45, 7) is 4.08. The lowest BCUT2D eigenvalue weighted by Gasteiger charge is -2.21. The van der Waals surface area contributed by atoms with Crippen molar-refractivity contribution >= 4 is 5.91 Å². The summed E-state index contributed by atoms with van der Waals surface area (Å²) in [5, 5.41) is 15.9. The van der Waals surface area contributed by atoms with Crippen LogP contribution in [0.5, 0.6) is 0 Å². The van der Waals surface area contributed by atoms with Gasteiger partial charge in [-0.1, -0.05) is 19.0 Å². The van der Waals surface area contributed by atoms with Gasteiger partial charge in [0.2, 0.25) is 17.6 Å². The highest BCUT2D eigenvalue weighted by Gasteiger charge is 2.16. The summed E-state index contributed by atoms with van der Waals surface area (Å²) in [6, 6.07) is 3.56. The van der Waals surface area contributed by atoms with Crippen LogP contribution in [0.3, 0.4) is 0 Å². The van der Waals surface area contributed by atoms with Gasteiger partial charge in [0.1, 0.15) is 0 Å². The van der Waals surface area contributed by atoms with Crippen molar-refractivity contribution in [3.8, 4) is 11.4 Å². The minimum Gasteiger partial charge on any atom is -0.396 e. The Bertz CT molecular complexity index is 613. The second-order valence-electron chi connectivity index (χ2n) is 5.68. The molecule has 124 valence electrons. The number of aromatic nitrogens is 3. The van der Waals surface area contributed by atoms with Crippen LogP contribution >= 0.6 is 0 Å². The number of hydrogen-bond acceptors (Lipinski definition) is 6. The molecule has 7 heteroatoms. The fourth-order valence-corrected chi connectivity index (χ4v) is 2.19. The van der Waals surface area contributed by atoms with Crippen LogP contribution in [0.4, 0.5) is 0 Å². The topological polar surface area (TPSA) is 101 Å². The smallest absolute Gasteiger partial charge is 0.227 e. The van der Waals surface area contributed by atoms with Crippen LogP contribution in [-0.4, -0.2) is 38.8 Å². The number of aliphatic hydroxyl groups is 1. The van der Waals surface area contributed by atoms with Gasteiger partial charge < -0.3 is 14.9 Å². The third kappa shape index (κ3) is 5.14. The molecule has 0 saturated heterocycles. The molecule has 0 saturated carbocycles. The normalized spacial score (nSPS) is 12.3. The number of hydrogen-bond donors (Lipinski definition) is 2. The fraction of sp³-hybridized carbons (Fsp3) is 0.500. The zero-order valence-corrected chi connectivity index (χ0v) is 13.4. The lowest BCUT2D eigenvalue weighted by molar-refractivity contribution is -0.122. The lowest BCUT2D eigenvalue weighted by Crippen LogP contribution is -2.39. The van der Waals surface area contributed by atoms with E-state index in [0.717, 1.165) is 5.56 Å². The summed E-state index contributed by atoms with van der Waals surface area (Å²) in [7, 11) is 0. The number of pyridine rings is 1. The largest absolute Gasteiger partial charge is 0.396 e. The van der Waals surface area contributed by atoms with E-state index >= 15 is 0 Å². The van der Waals surface area contributed by atoms with E-state index in [4.69, 9.17) is 9.63 Å². The Kier molecular flexibility index (Phi) is 6.22. The highest BCUT2D eigenvalue weighted by atomic mass is 16.5. The van der Waals surface area contributed by atoms with E-state index in [1.165, 1.54) is 0 Å². The molecule has 2 N–H and O–H groups in total. The van der Waals surface area contributed by atoms with Crippen LogP contribution in [0.15, 0.2) is 29.0 Å². The third-order valence-corrected chi connectivity index (χ3v) is 3.56. The van der Waals surface area contributed by atoms with E-state index in [9.17, 15) is 4.79 Å². The van der Waals surface area contributed by atoms with Gasteiger partial charge in [-0.05, 0) is 24.5 Å². The Balaban J connectivity index is 1.86. The van der Waals surface area contributed by atoms with Crippen molar-refractivity contribution in [1.82, 2.24) is 20.4 Å². The van der Waals surface area contributed by atoms with Crippen molar-refractivity contribution in [2.45, 2.75) is 39.2 Å². The van der Waals surface area contributed by atoms with Crippen LogP contribution in [0.1, 0.15) is 32.6 Å². The number of nitrogens with one attached hydrogen (secondary N) is 1. The van der Waals surface area contributed by atoms with Crippen LogP contribution < -0.4 is 5.32 Å². The first kappa shape index (κ1) is 17.1. The minimum atomic E-state index is -0.0826. The molecule has 7 nitrogen and oxygen atoms in total. The second kappa shape index (κ2) is 8.38. The maximum atomic E-state index is 12.0. The number of aryl methyl sites for hydroxylation is 1. The predicted molar refractivity (Wildman–Crippen MR) is 84.3 cm³/mol. The molecule has 2 aromatic rings. The van der Waals surface area contributed by atoms with Gasteiger partial charge in [0, 0.05) is 43.4 Å². The zero-order valence-electron chi connectivity index (χ0n) is 13.4. The Morgan fingerprint density at radius 1 is 1.35 bits per heavy atom. The fourth-order valence-electron chi connectivity index (χ4n) is 2.19. The van der Waals surface area contributed by atoms with Gasteiger partial charge in [-0.3, -0.25) is 9.78 Å². The molecular weight excluding hydrogens is 296 g/mol. The van der Waals surface area contributed by atoms with Crippen molar-refractivity contribution in [3.63, 3.8) is 0 Å². The van der Waals surface area contributed by atoms with Gasteiger partial charge in [0.15, 0.2) is 0 Å². The van der Waals surface area contributed by atoms with Gasteiger partial charge >= 0.3 is 0 Å². The van der Waals surface area contributed by atoms with E-state index in [2.05, 4.69) is 20.4 Å². The first-order valence-corrected chi connectivity index (χ1v) is 7.73. The molecule has 0 fully saturated rings. The number of nitrogens with zero attached hydrogens (tertiary/aromatic N) is 3. The van der Waals surface area contributed by atoms with E-state index in [0.29, 0.717) is 24.6 Å². The van der Waals surface area contributed by atoms with Crippen molar-refractivity contribution in [1.29, 1.82) is 0 Å². The standard InChI is InChI=1S/C16H22N4O3/c1-11(2)13(7-10-21)18-14(22)3-4-15-19-16(20-23-15)12-5-8-17-9-6-12/h5-6,8-9,11,13,21H,3-4,7,10H2,1-2H3,(H,18,22). The SMILES string of the molecule is CC(C)C(CCO)NC(=O)CCc1nc(-c2ccncc2)no1. The quantitative estimate of drug-likeness (QED) is 0.766. The Morgan fingerprint density at radius 3 is 2.74 bits per heavy atom. The second-order valence-corrected chi connectivity index (χ2v) is 5.68. The molecule has 0 bridgehead atoms. The van der Waals surface area contributed by atoms with Crippen molar-refractivity contribution in [2.24, 2.45) is 5.92 Å². The molecule has 0 aliphatic carbocycles. The molecule has 0 radical (unpaired) electrons. The van der Waals surface area contributed by atoms with Crippen molar-refractivity contribution in [2.75, 3.05) is 6.61 Å². The molecule has 2 aromatic heterocycles. The van der Waals surface area contributed by atoms with Crippen LogP contribution in [0, 0.1) is 5.92 Å². The molecule has 23 heavy (non-hydrogen) atoms. The molecule has 2 heterocycles. The third-order valence-electron chi connectivity index (χ3n) is 3.56. The van der Waals surface area contributed by atoms with E-state index in [-0.39, 0.29) is 30.9 Å². The van der Waals surface area contributed by atoms with Gasteiger partial charge in [0.05, 0.1) is 0 Å². The van der Waals surface area contributed by atoms with Crippen LogP contribution in [0.2, 0.25) is 0 Å². The molecule has 0 aliphatic rings. The lowest BCUT2D eigenvalue weighted by atomic mass is 10.0. The highest BCUT2D eigenvalue weighted by Crippen LogP contribution is 2.14. The zero-order chi connectivity index (χ0) is 16.7. The van der Waals surface area contributed by atoms with E-state index in [1.54, 1.807) is 24.5 Å². The predicted octanol–water partition coefficient (Wildman–Crippen LogP) is 1.59. The van der Waals surface area contributed by atoms with Gasteiger partial charge in [0.25, 0.3) is 0 Å². The van der Waals surface area contributed by atoms with Crippen molar-refractivity contribution < 1.29 is 14.4 Å². The molecule has 1 amide bonds. The number of aliphatic hydroxyl groups excluding tert-OH is 1. The van der Waals surface area contributed by atoms with Gasteiger partial charge in [-0.15, -0.1) is 0 Å². The number of carbonyl (C=O) groups excluding carboxylic acids is 1. The molecule has 1 atom stereocenters. The highest BCUT2D eigenvalue weighted by molar-refractivity contribution is 5.76. The van der Waals surface area contributed by atoms with Crippen molar-refractivity contribution in [3.05, 3.63) is 30.4 Å². The number of amides is 1. The van der Waals surface area contributed by atoms with E-state index in [1.807, 2.05) is 13.8 Å². The van der Waals surface area contributed by atoms with E-state index < -0.39 is 0 Å². The first-order chi connectivity index (χ1) is 11.1. The Labute approximate surface area is 135 Å². The summed E-state index contributed by atoms with van der Waals surface area (Å²) in [5.74, 6) is 1.10. The first-order valence-electron chi connectivity index (χ1n) is 7.73. The summed E-state index contributed by atoms with van der Waals surface area (Å²) in [5.41, 5.74) is 0.822. The van der Waals surface area contributed by atoms with Crippen LogP contribution in [-0.2, 0) is 11.2 Å². The Morgan fingerprint density at radius 2 is 2.09 bits per heavy atom. The van der Waals surface area contributed by atoms with Crippen LogP contribution in [0.25, 0.3) is 11.4 Å². The summed E-state index contributed by atoms with van der Waals surface area (Å²) >= 11 is 0. The molecule has 0 aliphatic heterocycles. The molecule has 0 spiro atoms. The Hall–Kier alpha value is -2.28. The maximum absolute atomic E-state index is 12.0. The number of rotatable bonds is 8. The van der Waals surface area contributed by atoms with Gasteiger partial charge in [-0.2, -0.15) is 4.98 Å². The summed E-state index contributed by atoms with van der Waals surface area (Å²) in [6.07, 6.45) is 4.52.